The van der Waals surface area contributed by atoms with Gasteiger partial charge in [-0.2, -0.15) is 0 Å². The van der Waals surface area contributed by atoms with Gasteiger partial charge in [0, 0.05) is 18.7 Å². The van der Waals surface area contributed by atoms with E-state index in [1.54, 1.807) is 25.2 Å². The summed E-state index contributed by atoms with van der Waals surface area (Å²) in [6, 6.07) is 14.4. The van der Waals surface area contributed by atoms with Crippen molar-refractivity contribution in [1.29, 1.82) is 0 Å². The average molecular weight is 284 g/mol. The van der Waals surface area contributed by atoms with Crippen LogP contribution in [0.15, 0.2) is 48.5 Å². The molecule has 2 rings (SSSR count). The number of hydrogen-bond donors (Lipinski definition) is 3. The molecule has 4 heteroatoms. The molecular weight excluding hydrogens is 264 g/mol. The molecule has 2 aromatic rings. The number of aryl methyl sites for hydroxylation is 1. The summed E-state index contributed by atoms with van der Waals surface area (Å²) in [6.45, 7) is 0. The van der Waals surface area contributed by atoms with Gasteiger partial charge in [0.25, 0.3) is 5.91 Å². The van der Waals surface area contributed by atoms with Gasteiger partial charge in [-0.1, -0.05) is 24.3 Å². The molecule has 0 aliphatic carbocycles. The molecule has 0 saturated heterocycles. The summed E-state index contributed by atoms with van der Waals surface area (Å²) in [6.07, 6.45) is 1.58. The molecule has 2 aromatic carbocycles. The lowest BCUT2D eigenvalue weighted by Gasteiger charge is -2.12. The smallest absolute Gasteiger partial charge is 0.251 e. The van der Waals surface area contributed by atoms with Gasteiger partial charge in [0.05, 0.1) is 0 Å². The number of hydrogen-bond acceptors (Lipinski definition) is 3. The first-order valence-electron chi connectivity index (χ1n) is 6.95. The fourth-order valence-electron chi connectivity index (χ4n) is 2.22. The molecule has 0 radical (unpaired) electrons. The van der Waals surface area contributed by atoms with Crippen LogP contribution >= 0.6 is 0 Å². The fourth-order valence-corrected chi connectivity index (χ4v) is 2.22. The summed E-state index contributed by atoms with van der Waals surface area (Å²) in [5.41, 5.74) is 8.90. The lowest BCUT2D eigenvalue weighted by Crippen LogP contribution is -2.18. The highest BCUT2D eigenvalue weighted by Gasteiger charge is 2.08. The van der Waals surface area contributed by atoms with E-state index in [2.05, 4.69) is 5.32 Å². The van der Waals surface area contributed by atoms with E-state index in [0.717, 1.165) is 24.0 Å². The predicted octanol–water partition coefficient (Wildman–Crippen LogP) is 2.38. The van der Waals surface area contributed by atoms with Crippen molar-refractivity contribution in [2.75, 3.05) is 7.05 Å². The molecule has 1 amide bonds. The number of nitrogens with one attached hydrogen (secondary N) is 1. The van der Waals surface area contributed by atoms with Crippen LogP contribution in [0.3, 0.4) is 0 Å². The number of carbonyl (C=O) groups is 1. The van der Waals surface area contributed by atoms with Crippen LogP contribution in [-0.2, 0) is 6.42 Å². The predicted molar refractivity (Wildman–Crippen MR) is 83.2 cm³/mol. The van der Waals surface area contributed by atoms with Crippen LogP contribution in [0.2, 0.25) is 0 Å². The third-order valence-corrected chi connectivity index (χ3v) is 3.48. The number of nitrogens with two attached hydrogens (primary N) is 1. The SMILES string of the molecule is CNC(=O)c1cccc(CCC(N)c2ccc(O)cc2)c1. The Morgan fingerprint density at radius 3 is 2.62 bits per heavy atom. The quantitative estimate of drug-likeness (QED) is 0.789. The summed E-state index contributed by atoms with van der Waals surface area (Å²) in [4.78, 5) is 11.6. The van der Waals surface area contributed by atoms with Crippen LogP contribution in [0.1, 0.15) is 33.9 Å². The first-order chi connectivity index (χ1) is 10.1. The third kappa shape index (κ3) is 4.07. The average Bonchev–Trinajstić information content (AvgIpc) is 2.52. The fraction of sp³-hybridized carbons (Fsp3) is 0.235. The van der Waals surface area contributed by atoms with Gasteiger partial charge in [0.1, 0.15) is 5.75 Å². The van der Waals surface area contributed by atoms with Crippen LogP contribution in [0.5, 0.6) is 5.75 Å². The van der Waals surface area contributed by atoms with Gasteiger partial charge < -0.3 is 16.2 Å². The molecule has 4 nitrogen and oxygen atoms in total. The first kappa shape index (κ1) is 15.1. The largest absolute Gasteiger partial charge is 0.508 e. The molecule has 1 unspecified atom stereocenters. The Morgan fingerprint density at radius 2 is 1.95 bits per heavy atom. The van der Waals surface area contributed by atoms with Crippen molar-refractivity contribution < 1.29 is 9.90 Å². The van der Waals surface area contributed by atoms with Crippen molar-refractivity contribution in [2.45, 2.75) is 18.9 Å². The maximum Gasteiger partial charge on any atom is 0.251 e. The van der Waals surface area contributed by atoms with Crippen molar-refractivity contribution in [2.24, 2.45) is 5.73 Å². The molecule has 1 atom stereocenters. The van der Waals surface area contributed by atoms with Crippen LogP contribution in [-0.4, -0.2) is 18.1 Å². The highest BCUT2D eigenvalue weighted by molar-refractivity contribution is 5.94. The molecule has 0 spiro atoms. The molecule has 4 N–H and O–H groups in total. The first-order valence-corrected chi connectivity index (χ1v) is 6.95. The van der Waals surface area contributed by atoms with Gasteiger partial charge in [-0.05, 0) is 48.2 Å². The third-order valence-electron chi connectivity index (χ3n) is 3.48. The van der Waals surface area contributed by atoms with E-state index in [1.165, 1.54) is 0 Å². The molecule has 0 heterocycles. The number of phenolic OH excluding ortho intramolecular Hbond substituents is 1. The second-order valence-corrected chi connectivity index (χ2v) is 5.02. The Balaban J connectivity index is 1.99. The number of rotatable bonds is 5. The van der Waals surface area contributed by atoms with Gasteiger partial charge in [-0.25, -0.2) is 0 Å². The lowest BCUT2D eigenvalue weighted by atomic mass is 9.98. The van der Waals surface area contributed by atoms with E-state index >= 15 is 0 Å². The molecule has 0 aliphatic rings. The van der Waals surface area contributed by atoms with Crippen LogP contribution in [0.25, 0.3) is 0 Å². The molecule has 0 fully saturated rings. The van der Waals surface area contributed by atoms with E-state index in [4.69, 9.17) is 5.73 Å². The van der Waals surface area contributed by atoms with Crippen molar-refractivity contribution >= 4 is 5.91 Å². The zero-order valence-corrected chi connectivity index (χ0v) is 12.0. The topological polar surface area (TPSA) is 75.4 Å². The summed E-state index contributed by atoms with van der Waals surface area (Å²) >= 11 is 0. The molecule has 0 bridgehead atoms. The zero-order chi connectivity index (χ0) is 15.2. The highest BCUT2D eigenvalue weighted by Crippen LogP contribution is 2.19. The number of amides is 1. The summed E-state index contributed by atoms with van der Waals surface area (Å²) in [7, 11) is 1.62. The van der Waals surface area contributed by atoms with Gasteiger partial charge in [0.2, 0.25) is 0 Å². The van der Waals surface area contributed by atoms with Crippen LogP contribution < -0.4 is 11.1 Å². The van der Waals surface area contributed by atoms with Gasteiger partial charge in [-0.15, -0.1) is 0 Å². The second-order valence-electron chi connectivity index (χ2n) is 5.02. The number of benzene rings is 2. The zero-order valence-electron chi connectivity index (χ0n) is 12.0. The van der Waals surface area contributed by atoms with E-state index in [-0.39, 0.29) is 17.7 Å². The Bertz CT molecular complexity index is 608. The summed E-state index contributed by atoms with van der Waals surface area (Å²) in [5.74, 6) is 0.156. The van der Waals surface area contributed by atoms with Crippen LogP contribution in [0, 0.1) is 0 Å². The maximum atomic E-state index is 11.6. The minimum absolute atomic E-state index is 0.0836. The monoisotopic (exact) mass is 284 g/mol. The van der Waals surface area contributed by atoms with Gasteiger partial charge in [-0.3, -0.25) is 4.79 Å². The molecule has 110 valence electrons. The lowest BCUT2D eigenvalue weighted by molar-refractivity contribution is 0.0963. The standard InChI is InChI=1S/C17H20N2O2/c1-19-17(21)14-4-2-3-12(11-14)5-10-16(18)13-6-8-15(20)9-7-13/h2-4,6-9,11,16,20H,5,10,18H2,1H3,(H,19,21). The Morgan fingerprint density at radius 1 is 1.24 bits per heavy atom. The van der Waals surface area contributed by atoms with Gasteiger partial charge in [0.15, 0.2) is 0 Å². The maximum absolute atomic E-state index is 11.6. The number of aromatic hydroxyl groups is 1. The Hall–Kier alpha value is -2.33. The minimum atomic E-state index is -0.0887. The number of phenols is 1. The van der Waals surface area contributed by atoms with Crippen molar-refractivity contribution in [3.63, 3.8) is 0 Å². The summed E-state index contributed by atoms with van der Waals surface area (Å²) in [5, 5.41) is 11.9. The minimum Gasteiger partial charge on any atom is -0.508 e. The Kier molecular flexibility index (Phi) is 4.95. The normalized spacial score (nSPS) is 11.9. The molecule has 0 aliphatic heterocycles. The molecule has 0 aromatic heterocycles. The molecular formula is C17H20N2O2. The van der Waals surface area contributed by atoms with E-state index in [1.807, 2.05) is 30.3 Å². The number of carbonyl (C=O) groups excluding carboxylic acids is 1. The summed E-state index contributed by atoms with van der Waals surface area (Å²) < 4.78 is 0. The van der Waals surface area contributed by atoms with E-state index in [9.17, 15) is 9.90 Å². The van der Waals surface area contributed by atoms with Crippen LogP contribution in [0.4, 0.5) is 0 Å². The Labute approximate surface area is 124 Å². The van der Waals surface area contributed by atoms with E-state index < -0.39 is 0 Å². The molecule has 0 saturated carbocycles. The van der Waals surface area contributed by atoms with Crippen molar-refractivity contribution in [3.05, 3.63) is 65.2 Å². The van der Waals surface area contributed by atoms with Gasteiger partial charge >= 0.3 is 0 Å². The second kappa shape index (κ2) is 6.90. The van der Waals surface area contributed by atoms with Crippen molar-refractivity contribution in [1.82, 2.24) is 5.32 Å². The highest BCUT2D eigenvalue weighted by atomic mass is 16.3. The molecule has 21 heavy (non-hydrogen) atoms. The van der Waals surface area contributed by atoms with Crippen molar-refractivity contribution in [3.8, 4) is 5.75 Å². The van der Waals surface area contributed by atoms with E-state index in [0.29, 0.717) is 5.56 Å².